The Balaban J connectivity index is 4.17. The molecule has 284 valence electrons. The molecule has 0 saturated heterocycles. The van der Waals surface area contributed by atoms with E-state index in [1.807, 2.05) is 12.2 Å². The number of phosphoric acid groups is 1. The van der Waals surface area contributed by atoms with Crippen molar-refractivity contribution in [2.24, 2.45) is 0 Å². The first kappa shape index (κ1) is 47.2. The highest BCUT2D eigenvalue weighted by atomic mass is 31.2. The summed E-state index contributed by atoms with van der Waals surface area (Å²) in [7, 11) is -4.78. The van der Waals surface area contributed by atoms with Crippen LogP contribution < -0.4 is 0 Å². The Morgan fingerprint density at radius 2 is 0.900 bits per heavy atom. The molecule has 0 aliphatic rings. The lowest BCUT2D eigenvalue weighted by molar-refractivity contribution is -0.161. The topological polar surface area (TPSA) is 119 Å². The summed E-state index contributed by atoms with van der Waals surface area (Å²) in [5.41, 5.74) is 0. The molecule has 9 heteroatoms. The Bertz CT molecular complexity index is 1080. The zero-order chi connectivity index (χ0) is 36.8. The minimum Gasteiger partial charge on any atom is -0.462 e. The van der Waals surface area contributed by atoms with Crippen molar-refractivity contribution in [3.8, 4) is 0 Å². The molecule has 50 heavy (non-hydrogen) atoms. The third kappa shape index (κ3) is 38.0. The number of ether oxygens (including phenoxy) is 2. The summed E-state index contributed by atoms with van der Waals surface area (Å²) in [6.45, 7) is 3.52. The van der Waals surface area contributed by atoms with Crippen molar-refractivity contribution in [3.05, 3.63) is 85.1 Å². The van der Waals surface area contributed by atoms with Crippen LogP contribution in [0.15, 0.2) is 85.1 Å². The van der Waals surface area contributed by atoms with E-state index in [-0.39, 0.29) is 19.4 Å². The smallest absolute Gasteiger partial charge is 0.462 e. The van der Waals surface area contributed by atoms with Crippen LogP contribution in [0.5, 0.6) is 0 Å². The quantitative estimate of drug-likeness (QED) is 0.0298. The number of esters is 2. The fourth-order valence-corrected chi connectivity index (χ4v) is 4.91. The van der Waals surface area contributed by atoms with Gasteiger partial charge < -0.3 is 19.3 Å². The highest BCUT2D eigenvalue weighted by Crippen LogP contribution is 2.35. The van der Waals surface area contributed by atoms with Gasteiger partial charge in [-0.2, -0.15) is 0 Å². The Morgan fingerprint density at radius 3 is 1.32 bits per heavy atom. The van der Waals surface area contributed by atoms with Crippen molar-refractivity contribution < 1.29 is 37.9 Å². The molecule has 0 rings (SSSR count). The molecular formula is C41H67O8P. The zero-order valence-electron chi connectivity index (χ0n) is 31.0. The molecule has 0 bridgehead atoms. The molecule has 8 nitrogen and oxygen atoms in total. The molecule has 0 heterocycles. The number of allylic oxidation sites excluding steroid dienone is 14. The van der Waals surface area contributed by atoms with Crippen molar-refractivity contribution in [2.45, 2.75) is 148 Å². The van der Waals surface area contributed by atoms with Gasteiger partial charge in [-0.05, 0) is 89.9 Å². The molecular weight excluding hydrogens is 651 g/mol. The summed E-state index contributed by atoms with van der Waals surface area (Å²) in [5.74, 6) is -1.01. The first-order valence-electron chi connectivity index (χ1n) is 18.9. The predicted octanol–water partition coefficient (Wildman–Crippen LogP) is 11.3. The molecule has 0 aromatic heterocycles. The van der Waals surface area contributed by atoms with Crippen molar-refractivity contribution in [1.29, 1.82) is 0 Å². The van der Waals surface area contributed by atoms with Gasteiger partial charge in [0.25, 0.3) is 0 Å². The maximum Gasteiger partial charge on any atom is 0.469 e. The van der Waals surface area contributed by atoms with Gasteiger partial charge in [-0.3, -0.25) is 14.1 Å². The van der Waals surface area contributed by atoms with Crippen LogP contribution in [-0.2, 0) is 28.2 Å². The van der Waals surface area contributed by atoms with E-state index < -0.39 is 32.5 Å². The van der Waals surface area contributed by atoms with Gasteiger partial charge in [-0.15, -0.1) is 0 Å². The summed E-state index contributed by atoms with van der Waals surface area (Å²) in [6.07, 6.45) is 47.4. The standard InChI is InChI=1S/C41H67O8P/c1-3-5-7-9-11-13-15-17-19-20-22-24-26-28-30-32-34-36-41(43)49-39(38-48-50(44,45)46)37-47-40(42)35-33-31-29-27-25-23-21-18-16-14-12-10-8-6-4-2/h11-14,17-19,21-22,24-25,27-28,30,39H,3-10,15-16,20,23,26,29,31-38H2,1-2H3,(H2,44,45,46)/b13-11-,14-12-,19-17-,21-18-,24-22-,27-25-,30-28-/t39-/m1/s1. The maximum absolute atomic E-state index is 12.3. The molecule has 0 radical (unpaired) electrons. The SMILES string of the molecule is CCCCC/C=C\C/C=C\C/C=C\C/C=C\CCCC(=O)O[C@H](COC(=O)CCCC/C=C\C/C=C\C/C=C\CCCCC)COP(=O)(O)O. The van der Waals surface area contributed by atoms with Crippen LogP contribution in [0.2, 0.25) is 0 Å². The average Bonchev–Trinajstić information content (AvgIpc) is 3.08. The van der Waals surface area contributed by atoms with Gasteiger partial charge in [0, 0.05) is 12.8 Å². The van der Waals surface area contributed by atoms with E-state index in [2.05, 4.69) is 91.3 Å². The average molecular weight is 719 g/mol. The Kier molecular flexibility index (Phi) is 34.0. The Labute approximate surface area is 303 Å². The molecule has 0 unspecified atom stereocenters. The second kappa shape index (κ2) is 36.0. The molecule has 2 N–H and O–H groups in total. The molecule has 0 aromatic rings. The molecule has 0 aliphatic heterocycles. The van der Waals surface area contributed by atoms with Gasteiger partial charge in [-0.1, -0.05) is 125 Å². The highest BCUT2D eigenvalue weighted by molar-refractivity contribution is 7.46. The van der Waals surface area contributed by atoms with E-state index in [9.17, 15) is 14.2 Å². The zero-order valence-corrected chi connectivity index (χ0v) is 31.9. The van der Waals surface area contributed by atoms with E-state index >= 15 is 0 Å². The van der Waals surface area contributed by atoms with Crippen LogP contribution >= 0.6 is 7.82 Å². The molecule has 0 saturated carbocycles. The van der Waals surface area contributed by atoms with Crippen LogP contribution in [0.4, 0.5) is 0 Å². The largest absolute Gasteiger partial charge is 0.469 e. The summed E-state index contributed by atoms with van der Waals surface area (Å²) in [6, 6.07) is 0. The molecule has 0 amide bonds. The molecule has 0 aromatic carbocycles. The van der Waals surface area contributed by atoms with Crippen LogP contribution in [0, 0.1) is 0 Å². The summed E-state index contributed by atoms with van der Waals surface area (Å²) < 4.78 is 26.2. The Morgan fingerprint density at radius 1 is 0.520 bits per heavy atom. The normalized spacial score (nSPS) is 13.4. The summed E-state index contributed by atoms with van der Waals surface area (Å²) in [4.78, 5) is 42.7. The molecule has 0 spiro atoms. The predicted molar refractivity (Wildman–Crippen MR) is 207 cm³/mol. The summed E-state index contributed by atoms with van der Waals surface area (Å²) >= 11 is 0. The van der Waals surface area contributed by atoms with Gasteiger partial charge in [0.15, 0.2) is 6.10 Å². The number of hydrogen-bond acceptors (Lipinski definition) is 6. The molecule has 0 aliphatic carbocycles. The number of phosphoric ester groups is 1. The van der Waals surface area contributed by atoms with Gasteiger partial charge in [-0.25, -0.2) is 4.57 Å². The lowest BCUT2D eigenvalue weighted by Gasteiger charge is -2.18. The summed E-state index contributed by atoms with van der Waals surface area (Å²) in [5, 5.41) is 0. The third-order valence-corrected chi connectivity index (χ3v) is 7.87. The number of unbranched alkanes of at least 4 members (excludes halogenated alkanes) is 9. The fraction of sp³-hybridized carbons (Fsp3) is 0.610. The van der Waals surface area contributed by atoms with E-state index in [0.717, 1.165) is 57.8 Å². The number of carbonyl (C=O) groups excluding carboxylic acids is 2. The van der Waals surface area contributed by atoms with Crippen molar-refractivity contribution in [1.82, 2.24) is 0 Å². The first-order chi connectivity index (χ1) is 24.3. The minimum absolute atomic E-state index is 0.123. The van der Waals surface area contributed by atoms with E-state index in [0.29, 0.717) is 19.3 Å². The van der Waals surface area contributed by atoms with E-state index in [1.165, 1.54) is 38.5 Å². The van der Waals surface area contributed by atoms with Crippen LogP contribution in [0.25, 0.3) is 0 Å². The number of rotatable bonds is 33. The third-order valence-electron chi connectivity index (χ3n) is 7.39. The van der Waals surface area contributed by atoms with Crippen LogP contribution in [-0.4, -0.2) is 41.0 Å². The minimum atomic E-state index is -4.78. The van der Waals surface area contributed by atoms with Gasteiger partial charge in [0.05, 0.1) is 6.61 Å². The van der Waals surface area contributed by atoms with Gasteiger partial charge >= 0.3 is 19.8 Å². The molecule has 0 fully saturated rings. The van der Waals surface area contributed by atoms with Crippen molar-refractivity contribution in [2.75, 3.05) is 13.2 Å². The van der Waals surface area contributed by atoms with E-state index in [4.69, 9.17) is 19.3 Å². The lowest BCUT2D eigenvalue weighted by atomic mass is 10.1. The van der Waals surface area contributed by atoms with Crippen molar-refractivity contribution >= 4 is 19.8 Å². The first-order valence-corrected chi connectivity index (χ1v) is 20.4. The van der Waals surface area contributed by atoms with Crippen LogP contribution in [0.3, 0.4) is 0 Å². The van der Waals surface area contributed by atoms with E-state index in [1.54, 1.807) is 0 Å². The maximum atomic E-state index is 12.3. The second-order valence-electron chi connectivity index (χ2n) is 12.2. The molecule has 1 atom stereocenters. The number of carbonyl (C=O) groups is 2. The van der Waals surface area contributed by atoms with Gasteiger partial charge in [0.2, 0.25) is 0 Å². The Hall–Kier alpha value is -2.77. The number of hydrogen-bond donors (Lipinski definition) is 2. The van der Waals surface area contributed by atoms with Crippen molar-refractivity contribution in [3.63, 3.8) is 0 Å². The second-order valence-corrected chi connectivity index (χ2v) is 13.4. The fourth-order valence-electron chi connectivity index (χ4n) is 4.55. The monoisotopic (exact) mass is 718 g/mol. The highest BCUT2D eigenvalue weighted by Gasteiger charge is 2.22. The lowest BCUT2D eigenvalue weighted by Crippen LogP contribution is -2.29. The van der Waals surface area contributed by atoms with Crippen LogP contribution in [0.1, 0.15) is 142 Å². The van der Waals surface area contributed by atoms with Gasteiger partial charge in [0.1, 0.15) is 6.61 Å².